The minimum absolute atomic E-state index is 0.0609. The first-order valence-electron chi connectivity index (χ1n) is 6.03. The molecule has 2 rings (SSSR count). The molecule has 1 aromatic heterocycles. The standard InChI is InChI=1S/C15H16O4/c1-11(19-10-14-4-3-9-18-14)15(16)12-5-7-13(17-2)8-6-12/h3-9,11H,10H2,1-2H3. The van der Waals surface area contributed by atoms with E-state index in [-0.39, 0.29) is 12.4 Å². The van der Waals surface area contributed by atoms with Crippen LogP contribution in [0.5, 0.6) is 5.75 Å². The van der Waals surface area contributed by atoms with E-state index in [1.165, 1.54) is 0 Å². The Balaban J connectivity index is 1.94. The van der Waals surface area contributed by atoms with Crippen molar-refractivity contribution in [1.82, 2.24) is 0 Å². The van der Waals surface area contributed by atoms with E-state index >= 15 is 0 Å². The molecule has 1 aromatic carbocycles. The largest absolute Gasteiger partial charge is 0.497 e. The van der Waals surface area contributed by atoms with E-state index in [4.69, 9.17) is 13.9 Å². The van der Waals surface area contributed by atoms with E-state index in [2.05, 4.69) is 0 Å². The summed E-state index contributed by atoms with van der Waals surface area (Å²) >= 11 is 0. The Morgan fingerprint density at radius 1 is 1.26 bits per heavy atom. The third-order valence-corrected chi connectivity index (χ3v) is 2.80. The summed E-state index contributed by atoms with van der Waals surface area (Å²) in [5.74, 6) is 1.37. The van der Waals surface area contributed by atoms with E-state index in [0.29, 0.717) is 11.3 Å². The van der Waals surface area contributed by atoms with E-state index < -0.39 is 6.10 Å². The number of hydrogen-bond donors (Lipinski definition) is 0. The van der Waals surface area contributed by atoms with Crippen LogP contribution in [0.2, 0.25) is 0 Å². The van der Waals surface area contributed by atoms with E-state index in [9.17, 15) is 4.79 Å². The SMILES string of the molecule is COc1ccc(C(=O)C(C)OCc2ccco2)cc1. The molecule has 4 nitrogen and oxygen atoms in total. The minimum atomic E-state index is -0.515. The Kier molecular flexibility index (Phi) is 4.36. The lowest BCUT2D eigenvalue weighted by Gasteiger charge is -2.11. The van der Waals surface area contributed by atoms with Gasteiger partial charge in [-0.15, -0.1) is 0 Å². The minimum Gasteiger partial charge on any atom is -0.497 e. The monoisotopic (exact) mass is 260 g/mol. The number of Topliss-reactive ketones (excluding diaryl/α,β-unsaturated/α-hetero) is 1. The zero-order valence-electron chi connectivity index (χ0n) is 11.0. The van der Waals surface area contributed by atoms with E-state index in [1.54, 1.807) is 50.6 Å². The molecular formula is C15H16O4. The van der Waals surface area contributed by atoms with Crippen molar-refractivity contribution in [3.63, 3.8) is 0 Å². The summed E-state index contributed by atoms with van der Waals surface area (Å²) in [6.45, 7) is 2.02. The second-order valence-electron chi connectivity index (χ2n) is 4.13. The summed E-state index contributed by atoms with van der Waals surface area (Å²) in [6, 6.07) is 10.6. The molecule has 2 aromatic rings. The molecule has 100 valence electrons. The van der Waals surface area contributed by atoms with Gasteiger partial charge in [0.25, 0.3) is 0 Å². The first-order chi connectivity index (χ1) is 9.20. The van der Waals surface area contributed by atoms with Gasteiger partial charge in [-0.25, -0.2) is 0 Å². The van der Waals surface area contributed by atoms with Crippen LogP contribution < -0.4 is 4.74 Å². The molecule has 0 aliphatic carbocycles. The molecule has 0 amide bonds. The Morgan fingerprint density at radius 3 is 2.58 bits per heavy atom. The molecule has 0 radical (unpaired) electrons. The second kappa shape index (κ2) is 6.20. The first kappa shape index (κ1) is 13.4. The van der Waals surface area contributed by atoms with Gasteiger partial charge in [0, 0.05) is 5.56 Å². The predicted octanol–water partition coefficient (Wildman–Crippen LogP) is 3.08. The number of furan rings is 1. The zero-order chi connectivity index (χ0) is 13.7. The van der Waals surface area contributed by atoms with Crippen molar-refractivity contribution in [2.24, 2.45) is 0 Å². The van der Waals surface area contributed by atoms with Crippen molar-refractivity contribution in [1.29, 1.82) is 0 Å². The maximum Gasteiger partial charge on any atom is 0.191 e. The van der Waals surface area contributed by atoms with Gasteiger partial charge in [0.2, 0.25) is 0 Å². The summed E-state index contributed by atoms with van der Waals surface area (Å²) in [4.78, 5) is 12.1. The Labute approximate surface area is 111 Å². The second-order valence-corrected chi connectivity index (χ2v) is 4.13. The lowest BCUT2D eigenvalue weighted by Crippen LogP contribution is -2.20. The van der Waals surface area contributed by atoms with Crippen LogP contribution in [0, 0.1) is 0 Å². The fourth-order valence-electron chi connectivity index (χ4n) is 1.67. The molecule has 0 aliphatic rings. The van der Waals surface area contributed by atoms with E-state index in [0.717, 1.165) is 5.75 Å². The molecule has 1 unspecified atom stereocenters. The number of ketones is 1. The topological polar surface area (TPSA) is 48.7 Å². The van der Waals surface area contributed by atoms with Crippen LogP contribution in [0.4, 0.5) is 0 Å². The summed E-state index contributed by atoms with van der Waals surface area (Å²) in [7, 11) is 1.59. The van der Waals surface area contributed by atoms with Crippen LogP contribution in [0.1, 0.15) is 23.0 Å². The molecule has 1 atom stereocenters. The van der Waals surface area contributed by atoms with Crippen molar-refractivity contribution in [2.45, 2.75) is 19.6 Å². The van der Waals surface area contributed by atoms with Gasteiger partial charge in [-0.05, 0) is 43.3 Å². The van der Waals surface area contributed by atoms with Crippen LogP contribution >= 0.6 is 0 Å². The van der Waals surface area contributed by atoms with Crippen molar-refractivity contribution >= 4 is 5.78 Å². The highest BCUT2D eigenvalue weighted by Gasteiger charge is 2.16. The van der Waals surface area contributed by atoms with Gasteiger partial charge in [0.1, 0.15) is 24.2 Å². The molecule has 0 spiro atoms. The number of carbonyl (C=O) groups is 1. The fraction of sp³-hybridized carbons (Fsp3) is 0.267. The molecule has 0 fully saturated rings. The third kappa shape index (κ3) is 3.45. The number of ether oxygens (including phenoxy) is 2. The van der Waals surface area contributed by atoms with Gasteiger partial charge in [-0.2, -0.15) is 0 Å². The van der Waals surface area contributed by atoms with Crippen molar-refractivity contribution < 1.29 is 18.7 Å². The Hall–Kier alpha value is -2.07. The van der Waals surface area contributed by atoms with Crippen molar-refractivity contribution in [2.75, 3.05) is 7.11 Å². The maximum absolute atomic E-state index is 12.1. The quantitative estimate of drug-likeness (QED) is 0.749. The van der Waals surface area contributed by atoms with Gasteiger partial charge in [-0.3, -0.25) is 4.79 Å². The maximum atomic E-state index is 12.1. The van der Waals surface area contributed by atoms with Gasteiger partial charge in [-0.1, -0.05) is 0 Å². The number of carbonyl (C=O) groups excluding carboxylic acids is 1. The lowest BCUT2D eigenvalue weighted by atomic mass is 10.1. The van der Waals surface area contributed by atoms with Crippen molar-refractivity contribution in [3.8, 4) is 5.75 Å². The van der Waals surface area contributed by atoms with Crippen LogP contribution in [0.15, 0.2) is 47.1 Å². The molecule has 0 saturated heterocycles. The van der Waals surface area contributed by atoms with Gasteiger partial charge in [0.05, 0.1) is 13.4 Å². The molecule has 1 heterocycles. The number of hydrogen-bond acceptors (Lipinski definition) is 4. The summed E-state index contributed by atoms with van der Waals surface area (Å²) in [5, 5.41) is 0. The van der Waals surface area contributed by atoms with Gasteiger partial charge in [0.15, 0.2) is 5.78 Å². The molecule has 0 aliphatic heterocycles. The first-order valence-corrected chi connectivity index (χ1v) is 6.03. The molecule has 4 heteroatoms. The third-order valence-electron chi connectivity index (χ3n) is 2.80. The number of benzene rings is 1. The average Bonchev–Trinajstić information content (AvgIpc) is 2.97. The van der Waals surface area contributed by atoms with Crippen LogP contribution in [0.25, 0.3) is 0 Å². The van der Waals surface area contributed by atoms with E-state index in [1.807, 2.05) is 6.07 Å². The molecule has 0 saturated carbocycles. The van der Waals surface area contributed by atoms with Crippen LogP contribution in [-0.4, -0.2) is 19.0 Å². The highest BCUT2D eigenvalue weighted by atomic mass is 16.5. The average molecular weight is 260 g/mol. The molecule has 0 bridgehead atoms. The smallest absolute Gasteiger partial charge is 0.191 e. The summed E-state index contributed by atoms with van der Waals surface area (Å²) in [5.41, 5.74) is 0.604. The normalized spacial score (nSPS) is 12.1. The van der Waals surface area contributed by atoms with Gasteiger partial charge < -0.3 is 13.9 Å². The van der Waals surface area contributed by atoms with Crippen molar-refractivity contribution in [3.05, 3.63) is 54.0 Å². The van der Waals surface area contributed by atoms with Gasteiger partial charge >= 0.3 is 0 Å². The van der Waals surface area contributed by atoms with Crippen LogP contribution in [0.3, 0.4) is 0 Å². The highest BCUT2D eigenvalue weighted by molar-refractivity contribution is 5.99. The molecule has 19 heavy (non-hydrogen) atoms. The Morgan fingerprint density at radius 2 is 2.00 bits per heavy atom. The summed E-state index contributed by atoms with van der Waals surface area (Å²) < 4.78 is 15.7. The highest BCUT2D eigenvalue weighted by Crippen LogP contribution is 2.14. The zero-order valence-corrected chi connectivity index (χ0v) is 11.0. The number of methoxy groups -OCH3 is 1. The fourth-order valence-corrected chi connectivity index (χ4v) is 1.67. The lowest BCUT2D eigenvalue weighted by molar-refractivity contribution is 0.0357. The summed E-state index contributed by atoms with van der Waals surface area (Å²) in [6.07, 6.45) is 1.06. The van der Waals surface area contributed by atoms with Crippen LogP contribution in [-0.2, 0) is 11.3 Å². The number of rotatable bonds is 6. The molecular weight excluding hydrogens is 244 g/mol. The Bertz CT molecular complexity index is 514. The molecule has 0 N–H and O–H groups in total. The predicted molar refractivity (Wildman–Crippen MR) is 70.3 cm³/mol.